The Bertz CT molecular complexity index is 891. The molecule has 3 aromatic rings. The Balaban J connectivity index is 1.69. The van der Waals surface area contributed by atoms with Gasteiger partial charge < -0.3 is 25.0 Å². The number of ether oxygens (including phenoxy) is 2. The Labute approximate surface area is 151 Å². The fraction of sp³-hybridized carbons (Fsp3) is 0.158. The molecule has 0 fully saturated rings. The molecule has 134 valence electrons. The molecule has 0 saturated heterocycles. The van der Waals surface area contributed by atoms with E-state index in [4.69, 9.17) is 19.7 Å². The Morgan fingerprint density at radius 3 is 2.65 bits per heavy atom. The van der Waals surface area contributed by atoms with E-state index in [0.29, 0.717) is 35.2 Å². The first kappa shape index (κ1) is 17.3. The van der Waals surface area contributed by atoms with E-state index >= 15 is 0 Å². The van der Waals surface area contributed by atoms with Crippen molar-refractivity contribution in [3.63, 3.8) is 0 Å². The van der Waals surface area contributed by atoms with Gasteiger partial charge in [-0.2, -0.15) is 0 Å². The number of aromatic nitrogens is 1. The lowest BCUT2D eigenvalue weighted by molar-refractivity contribution is 0.405. The van der Waals surface area contributed by atoms with Crippen molar-refractivity contribution in [1.82, 2.24) is 5.16 Å². The Hall–Kier alpha value is -3.48. The molecule has 3 rings (SSSR count). The maximum absolute atomic E-state index is 5.97. The minimum Gasteiger partial charge on any atom is -0.497 e. The van der Waals surface area contributed by atoms with Crippen LogP contribution >= 0.6 is 0 Å². The van der Waals surface area contributed by atoms with Gasteiger partial charge >= 0.3 is 0 Å². The molecule has 0 atom stereocenters. The number of hydrogen-bond acceptors (Lipinski definition) is 5. The molecule has 0 bridgehead atoms. The number of anilines is 1. The van der Waals surface area contributed by atoms with Crippen LogP contribution in [0.15, 0.2) is 64.1 Å². The summed E-state index contributed by atoms with van der Waals surface area (Å²) in [5.41, 5.74) is 8.28. The zero-order valence-corrected chi connectivity index (χ0v) is 14.6. The molecular weight excluding hydrogens is 332 g/mol. The summed E-state index contributed by atoms with van der Waals surface area (Å²) in [6.07, 6.45) is 0. The lowest BCUT2D eigenvalue weighted by Crippen LogP contribution is -2.23. The number of rotatable bonds is 6. The van der Waals surface area contributed by atoms with Crippen molar-refractivity contribution in [3.8, 4) is 22.8 Å². The second kappa shape index (κ2) is 8.06. The molecule has 3 N–H and O–H groups in total. The standard InChI is InChI=1S/C19H20N4O3/c1-24-15-8-9-17(25-2)16(11-15)22-19(20)21-12-14-10-18(26-23-14)13-6-4-3-5-7-13/h3-11H,12H2,1-2H3,(H3,20,21,22). The molecule has 0 saturated carbocycles. The highest BCUT2D eigenvalue weighted by Gasteiger charge is 2.08. The largest absolute Gasteiger partial charge is 0.497 e. The van der Waals surface area contributed by atoms with E-state index in [0.717, 1.165) is 5.56 Å². The molecule has 26 heavy (non-hydrogen) atoms. The SMILES string of the molecule is COc1ccc(OC)c(NC(N)=NCc2cc(-c3ccccc3)on2)c1. The van der Waals surface area contributed by atoms with Gasteiger partial charge in [0.25, 0.3) is 0 Å². The molecule has 0 unspecified atom stereocenters. The van der Waals surface area contributed by atoms with E-state index in [9.17, 15) is 0 Å². The molecule has 0 amide bonds. The van der Waals surface area contributed by atoms with Crippen molar-refractivity contribution >= 4 is 11.6 Å². The maximum Gasteiger partial charge on any atom is 0.193 e. The van der Waals surface area contributed by atoms with Gasteiger partial charge in [0, 0.05) is 17.7 Å². The van der Waals surface area contributed by atoms with Crippen molar-refractivity contribution < 1.29 is 14.0 Å². The minimum absolute atomic E-state index is 0.237. The summed E-state index contributed by atoms with van der Waals surface area (Å²) in [6.45, 7) is 0.293. The molecular formula is C19H20N4O3. The van der Waals surface area contributed by atoms with E-state index in [1.807, 2.05) is 36.4 Å². The van der Waals surface area contributed by atoms with Crippen molar-refractivity contribution in [2.24, 2.45) is 10.7 Å². The predicted molar refractivity (Wildman–Crippen MR) is 100 cm³/mol. The predicted octanol–water partition coefficient (Wildman–Crippen LogP) is 3.29. The lowest BCUT2D eigenvalue weighted by Gasteiger charge is -2.11. The summed E-state index contributed by atoms with van der Waals surface area (Å²) < 4.78 is 15.9. The van der Waals surface area contributed by atoms with Gasteiger partial charge in [0.15, 0.2) is 11.7 Å². The van der Waals surface area contributed by atoms with Crippen LogP contribution in [0.1, 0.15) is 5.69 Å². The fourth-order valence-electron chi connectivity index (χ4n) is 2.38. The molecule has 0 aliphatic rings. The van der Waals surface area contributed by atoms with Crippen LogP contribution in [0.2, 0.25) is 0 Å². The topological polar surface area (TPSA) is 94.9 Å². The minimum atomic E-state index is 0.237. The first-order chi connectivity index (χ1) is 12.7. The Morgan fingerprint density at radius 2 is 1.92 bits per heavy atom. The second-order valence-electron chi connectivity index (χ2n) is 5.44. The van der Waals surface area contributed by atoms with Gasteiger partial charge in [-0.1, -0.05) is 35.5 Å². The van der Waals surface area contributed by atoms with Crippen molar-refractivity contribution in [3.05, 3.63) is 60.3 Å². The molecule has 7 nitrogen and oxygen atoms in total. The number of methoxy groups -OCH3 is 2. The maximum atomic E-state index is 5.97. The molecule has 0 radical (unpaired) electrons. The monoisotopic (exact) mass is 352 g/mol. The summed E-state index contributed by atoms with van der Waals surface area (Å²) in [7, 11) is 3.18. The van der Waals surface area contributed by atoms with Gasteiger partial charge in [0.2, 0.25) is 0 Å². The molecule has 0 aliphatic carbocycles. The van der Waals surface area contributed by atoms with Crippen molar-refractivity contribution in [2.45, 2.75) is 6.54 Å². The highest BCUT2D eigenvalue weighted by molar-refractivity contribution is 5.94. The fourth-order valence-corrected chi connectivity index (χ4v) is 2.38. The first-order valence-electron chi connectivity index (χ1n) is 7.99. The quantitative estimate of drug-likeness (QED) is 0.522. The van der Waals surface area contributed by atoms with Gasteiger partial charge in [0.05, 0.1) is 26.5 Å². The smallest absolute Gasteiger partial charge is 0.193 e. The van der Waals surface area contributed by atoms with Crippen LogP contribution in [-0.4, -0.2) is 25.3 Å². The zero-order chi connectivity index (χ0) is 18.4. The number of nitrogens with two attached hydrogens (primary N) is 1. The third-order valence-electron chi connectivity index (χ3n) is 3.70. The summed E-state index contributed by atoms with van der Waals surface area (Å²) in [5, 5.41) is 7.03. The van der Waals surface area contributed by atoms with Crippen molar-refractivity contribution in [1.29, 1.82) is 0 Å². The molecule has 0 spiro atoms. The van der Waals surface area contributed by atoms with Crippen LogP contribution < -0.4 is 20.5 Å². The van der Waals surface area contributed by atoms with Gasteiger partial charge in [0.1, 0.15) is 17.2 Å². The molecule has 2 aromatic carbocycles. The van der Waals surface area contributed by atoms with Gasteiger partial charge in [-0.15, -0.1) is 0 Å². The third kappa shape index (κ3) is 4.13. The van der Waals surface area contributed by atoms with Crippen LogP contribution in [0.3, 0.4) is 0 Å². The average Bonchev–Trinajstić information content (AvgIpc) is 3.16. The van der Waals surface area contributed by atoms with E-state index in [2.05, 4.69) is 15.5 Å². The average molecular weight is 352 g/mol. The van der Waals surface area contributed by atoms with E-state index in [1.54, 1.807) is 32.4 Å². The van der Waals surface area contributed by atoms with Crippen LogP contribution in [0.25, 0.3) is 11.3 Å². The van der Waals surface area contributed by atoms with Crippen LogP contribution in [0.5, 0.6) is 11.5 Å². The van der Waals surface area contributed by atoms with Crippen LogP contribution in [-0.2, 0) is 6.54 Å². The number of aliphatic imine (C=N–C) groups is 1. The van der Waals surface area contributed by atoms with Crippen molar-refractivity contribution in [2.75, 3.05) is 19.5 Å². The Morgan fingerprint density at radius 1 is 1.12 bits per heavy atom. The summed E-state index contributed by atoms with van der Waals surface area (Å²) in [5.74, 6) is 2.25. The molecule has 1 heterocycles. The van der Waals surface area contributed by atoms with Crippen LogP contribution in [0, 0.1) is 0 Å². The number of guanidine groups is 1. The van der Waals surface area contributed by atoms with Gasteiger partial charge in [-0.05, 0) is 12.1 Å². The molecule has 0 aliphatic heterocycles. The third-order valence-corrected chi connectivity index (χ3v) is 3.70. The highest BCUT2D eigenvalue weighted by atomic mass is 16.5. The van der Waals surface area contributed by atoms with E-state index in [-0.39, 0.29) is 5.96 Å². The molecule has 1 aromatic heterocycles. The number of nitrogens with zero attached hydrogens (tertiary/aromatic N) is 2. The van der Waals surface area contributed by atoms with Gasteiger partial charge in [-0.3, -0.25) is 0 Å². The number of hydrogen-bond donors (Lipinski definition) is 2. The summed E-state index contributed by atoms with van der Waals surface area (Å²) in [4.78, 5) is 4.29. The van der Waals surface area contributed by atoms with Crippen LogP contribution in [0.4, 0.5) is 5.69 Å². The highest BCUT2D eigenvalue weighted by Crippen LogP contribution is 2.28. The zero-order valence-electron chi connectivity index (χ0n) is 14.6. The molecule has 7 heteroatoms. The summed E-state index contributed by atoms with van der Waals surface area (Å²) >= 11 is 0. The second-order valence-corrected chi connectivity index (χ2v) is 5.44. The van der Waals surface area contributed by atoms with E-state index < -0.39 is 0 Å². The number of nitrogens with one attached hydrogen (secondary N) is 1. The summed E-state index contributed by atoms with van der Waals surface area (Å²) in [6, 6.07) is 17.0. The van der Waals surface area contributed by atoms with E-state index in [1.165, 1.54) is 0 Å². The number of benzene rings is 2. The normalized spacial score (nSPS) is 11.2. The van der Waals surface area contributed by atoms with Gasteiger partial charge in [-0.25, -0.2) is 4.99 Å². The Kier molecular flexibility index (Phi) is 5.38. The lowest BCUT2D eigenvalue weighted by atomic mass is 10.2. The first-order valence-corrected chi connectivity index (χ1v) is 7.99.